The predicted octanol–water partition coefficient (Wildman–Crippen LogP) is 4.05. The third-order valence-corrected chi connectivity index (χ3v) is 8.03. The van der Waals surface area contributed by atoms with Gasteiger partial charge in [-0.05, 0) is 37.0 Å². The highest BCUT2D eigenvalue weighted by molar-refractivity contribution is 7.92. The summed E-state index contributed by atoms with van der Waals surface area (Å²) in [5.41, 5.74) is 1.28. The van der Waals surface area contributed by atoms with E-state index in [1.165, 1.54) is 12.0 Å². The van der Waals surface area contributed by atoms with Crippen LogP contribution in [0.2, 0.25) is 0 Å². The van der Waals surface area contributed by atoms with Crippen molar-refractivity contribution in [3.63, 3.8) is 0 Å². The van der Waals surface area contributed by atoms with E-state index in [1.807, 2.05) is 24.3 Å². The molecule has 2 aliphatic rings. The normalized spacial score (nSPS) is 27.1. The summed E-state index contributed by atoms with van der Waals surface area (Å²) in [6.45, 7) is 0.858. The largest absolute Gasteiger partial charge is 0.292 e. The second-order valence-corrected chi connectivity index (χ2v) is 9.46. The zero-order chi connectivity index (χ0) is 17.3. The number of hydrogen-bond donors (Lipinski definition) is 0. The molecule has 4 rings (SSSR count). The Balaban J connectivity index is 1.65. The lowest BCUT2D eigenvalue weighted by molar-refractivity contribution is 0.186. The van der Waals surface area contributed by atoms with E-state index < -0.39 is 9.84 Å². The van der Waals surface area contributed by atoms with Crippen molar-refractivity contribution in [3.05, 3.63) is 66.2 Å². The highest BCUT2D eigenvalue weighted by atomic mass is 32.2. The Hall–Kier alpha value is -1.65. The van der Waals surface area contributed by atoms with Crippen LogP contribution in [-0.2, 0) is 16.4 Å². The van der Waals surface area contributed by atoms with Gasteiger partial charge in [0.15, 0.2) is 9.84 Å². The molecular weight excluding hydrogens is 330 g/mol. The van der Waals surface area contributed by atoms with E-state index >= 15 is 0 Å². The number of benzene rings is 2. The van der Waals surface area contributed by atoms with Crippen molar-refractivity contribution in [2.45, 2.75) is 60.9 Å². The van der Waals surface area contributed by atoms with Gasteiger partial charge in [-0.25, -0.2) is 8.42 Å². The summed E-state index contributed by atoms with van der Waals surface area (Å²) in [7, 11) is -3.28. The molecule has 132 valence electrons. The molecule has 0 aliphatic carbocycles. The molecule has 2 aromatic rings. The van der Waals surface area contributed by atoms with Gasteiger partial charge in [-0.1, -0.05) is 61.4 Å². The minimum atomic E-state index is -3.28. The summed E-state index contributed by atoms with van der Waals surface area (Å²) in [5.74, 6) is 0. The molecular formula is C21H25NO2S. The lowest BCUT2D eigenvalue weighted by atomic mass is 10.0. The van der Waals surface area contributed by atoms with Gasteiger partial charge in [0.2, 0.25) is 0 Å². The molecule has 25 heavy (non-hydrogen) atoms. The van der Waals surface area contributed by atoms with Crippen LogP contribution in [0.25, 0.3) is 0 Å². The molecule has 0 amide bonds. The van der Waals surface area contributed by atoms with Crippen LogP contribution >= 0.6 is 0 Å². The lowest BCUT2D eigenvalue weighted by Gasteiger charge is -2.29. The molecule has 2 fully saturated rings. The van der Waals surface area contributed by atoms with Gasteiger partial charge < -0.3 is 0 Å². The van der Waals surface area contributed by atoms with Crippen LogP contribution in [0.3, 0.4) is 0 Å². The number of hydrogen-bond acceptors (Lipinski definition) is 3. The summed E-state index contributed by atoms with van der Waals surface area (Å²) in [4.78, 5) is 2.96. The molecule has 0 unspecified atom stereocenters. The van der Waals surface area contributed by atoms with Crippen LogP contribution < -0.4 is 0 Å². The SMILES string of the molecule is O=S(=O)(c1ccccc1)[C@H]1C[C@@H]2CCCC[C@H]1N2Cc1ccccc1. The number of sulfone groups is 1. The van der Waals surface area contributed by atoms with Crippen LogP contribution in [0.5, 0.6) is 0 Å². The van der Waals surface area contributed by atoms with Gasteiger partial charge in [0.1, 0.15) is 0 Å². The Labute approximate surface area is 150 Å². The van der Waals surface area contributed by atoms with E-state index in [0.717, 1.165) is 32.2 Å². The van der Waals surface area contributed by atoms with Gasteiger partial charge in [-0.2, -0.15) is 0 Å². The Morgan fingerprint density at radius 1 is 0.880 bits per heavy atom. The summed E-state index contributed by atoms with van der Waals surface area (Å²) in [6, 6.07) is 20.0. The Morgan fingerprint density at radius 2 is 1.52 bits per heavy atom. The van der Waals surface area contributed by atoms with Crippen LogP contribution in [-0.4, -0.2) is 30.7 Å². The van der Waals surface area contributed by atoms with Crippen molar-refractivity contribution in [3.8, 4) is 0 Å². The summed E-state index contributed by atoms with van der Waals surface area (Å²) >= 11 is 0. The first-order valence-electron chi connectivity index (χ1n) is 9.25. The van der Waals surface area contributed by atoms with E-state index in [-0.39, 0.29) is 11.3 Å². The van der Waals surface area contributed by atoms with E-state index in [0.29, 0.717) is 10.9 Å². The van der Waals surface area contributed by atoms with Crippen molar-refractivity contribution in [2.24, 2.45) is 0 Å². The van der Waals surface area contributed by atoms with Crippen molar-refractivity contribution in [1.29, 1.82) is 0 Å². The van der Waals surface area contributed by atoms with Gasteiger partial charge in [-0.3, -0.25) is 4.90 Å². The van der Waals surface area contributed by atoms with Crippen molar-refractivity contribution < 1.29 is 8.42 Å². The van der Waals surface area contributed by atoms with Crippen LogP contribution in [0.1, 0.15) is 37.7 Å². The first kappa shape index (κ1) is 16.8. The molecule has 0 spiro atoms. The van der Waals surface area contributed by atoms with Gasteiger partial charge in [0.05, 0.1) is 10.1 Å². The summed E-state index contributed by atoms with van der Waals surface area (Å²) < 4.78 is 26.5. The molecule has 2 aliphatic heterocycles. The molecule has 4 heteroatoms. The molecule has 0 saturated carbocycles. The topological polar surface area (TPSA) is 37.4 Å². The minimum absolute atomic E-state index is 0.137. The molecule has 3 nitrogen and oxygen atoms in total. The second kappa shape index (κ2) is 6.93. The van der Waals surface area contributed by atoms with Gasteiger partial charge >= 0.3 is 0 Å². The quantitative estimate of drug-likeness (QED) is 0.830. The smallest absolute Gasteiger partial charge is 0.182 e. The zero-order valence-corrected chi connectivity index (χ0v) is 15.2. The molecule has 0 radical (unpaired) electrons. The van der Waals surface area contributed by atoms with Crippen molar-refractivity contribution in [2.75, 3.05) is 0 Å². The maximum absolute atomic E-state index is 13.3. The second-order valence-electron chi connectivity index (χ2n) is 7.30. The first-order chi connectivity index (χ1) is 12.2. The van der Waals surface area contributed by atoms with E-state index in [2.05, 4.69) is 29.2 Å². The third kappa shape index (κ3) is 3.25. The fraction of sp³-hybridized carbons (Fsp3) is 0.429. The van der Waals surface area contributed by atoms with E-state index in [9.17, 15) is 8.42 Å². The number of fused-ring (bicyclic) bond motifs is 2. The summed E-state index contributed by atoms with van der Waals surface area (Å²) in [6.07, 6.45) is 5.22. The molecule has 2 saturated heterocycles. The van der Waals surface area contributed by atoms with Gasteiger partial charge in [0.25, 0.3) is 0 Å². The number of rotatable bonds is 4. The maximum atomic E-state index is 13.3. The standard InChI is InChI=1S/C21H25NO2S/c23-25(24,19-12-5-2-6-13-19)21-15-18-11-7-8-14-20(21)22(18)16-17-9-3-1-4-10-17/h1-6,9-10,12-13,18,20-21H,7-8,11,14-16H2/t18-,20+,21-/m0/s1. The zero-order valence-electron chi connectivity index (χ0n) is 14.4. The van der Waals surface area contributed by atoms with Gasteiger partial charge in [-0.15, -0.1) is 0 Å². The Kier molecular flexibility index (Phi) is 4.65. The average molecular weight is 356 g/mol. The first-order valence-corrected chi connectivity index (χ1v) is 10.8. The van der Waals surface area contributed by atoms with E-state index in [4.69, 9.17) is 0 Å². The highest BCUT2D eigenvalue weighted by Crippen LogP contribution is 2.40. The molecule has 3 atom stereocenters. The molecule has 0 N–H and O–H groups in total. The van der Waals surface area contributed by atoms with Gasteiger partial charge in [0, 0.05) is 18.6 Å². The number of nitrogens with zero attached hydrogens (tertiary/aromatic N) is 1. The van der Waals surface area contributed by atoms with Crippen molar-refractivity contribution >= 4 is 9.84 Å². The fourth-order valence-corrected chi connectivity index (χ4v) is 6.64. The van der Waals surface area contributed by atoms with Crippen LogP contribution in [0, 0.1) is 0 Å². The summed E-state index contributed by atoms with van der Waals surface area (Å²) in [5, 5.41) is -0.274. The van der Waals surface area contributed by atoms with Crippen molar-refractivity contribution in [1.82, 2.24) is 4.90 Å². The molecule has 2 heterocycles. The monoisotopic (exact) mass is 355 g/mol. The maximum Gasteiger partial charge on any atom is 0.182 e. The average Bonchev–Trinajstić information content (AvgIpc) is 2.84. The molecule has 2 bridgehead atoms. The lowest BCUT2D eigenvalue weighted by Crippen LogP contribution is -2.39. The Morgan fingerprint density at radius 3 is 2.24 bits per heavy atom. The minimum Gasteiger partial charge on any atom is -0.292 e. The van der Waals surface area contributed by atoms with Crippen LogP contribution in [0.4, 0.5) is 0 Å². The fourth-order valence-electron chi connectivity index (χ4n) is 4.57. The van der Waals surface area contributed by atoms with E-state index in [1.54, 1.807) is 12.1 Å². The van der Waals surface area contributed by atoms with Crippen LogP contribution in [0.15, 0.2) is 65.6 Å². The molecule has 2 aromatic carbocycles. The molecule has 0 aromatic heterocycles. The predicted molar refractivity (Wildman–Crippen MR) is 100 cm³/mol. The third-order valence-electron chi connectivity index (χ3n) is 5.79. The Bertz CT molecular complexity index is 804. The highest BCUT2D eigenvalue weighted by Gasteiger charge is 2.48.